The second-order valence-corrected chi connectivity index (χ2v) is 8.44. The number of benzene rings is 2. The highest BCUT2D eigenvalue weighted by Crippen LogP contribution is 2.44. The second kappa shape index (κ2) is 7.42. The Bertz CT molecular complexity index is 1150. The van der Waals surface area contributed by atoms with E-state index in [0.717, 1.165) is 33.5 Å². The number of urea groups is 1. The van der Waals surface area contributed by atoms with Crippen molar-refractivity contribution in [1.82, 2.24) is 19.7 Å². The Kier molecular flexibility index (Phi) is 4.70. The van der Waals surface area contributed by atoms with Gasteiger partial charge in [-0.2, -0.15) is 0 Å². The number of rotatable bonds is 5. The smallest absolute Gasteiger partial charge is 0.328 e. The van der Waals surface area contributed by atoms with Crippen molar-refractivity contribution >= 4 is 22.8 Å². The number of aromatic amines is 1. The van der Waals surface area contributed by atoms with E-state index < -0.39 is 6.04 Å². The van der Waals surface area contributed by atoms with Crippen molar-refractivity contribution in [2.24, 2.45) is 0 Å². The monoisotopic (exact) mass is 418 g/mol. The van der Waals surface area contributed by atoms with Gasteiger partial charge in [-0.05, 0) is 43.4 Å². The minimum Gasteiger partial charge on any atom is -0.497 e. The molecule has 3 heterocycles. The van der Waals surface area contributed by atoms with Crippen LogP contribution < -0.4 is 4.74 Å². The average molecular weight is 418 g/mol. The predicted molar refractivity (Wildman–Crippen MR) is 118 cm³/mol. The van der Waals surface area contributed by atoms with Gasteiger partial charge in [0.15, 0.2) is 0 Å². The minimum absolute atomic E-state index is 0.110. The summed E-state index contributed by atoms with van der Waals surface area (Å²) in [5.41, 5.74) is 4.08. The van der Waals surface area contributed by atoms with Gasteiger partial charge in [-0.3, -0.25) is 14.6 Å². The van der Waals surface area contributed by atoms with Gasteiger partial charge >= 0.3 is 6.03 Å². The number of amides is 3. The zero-order chi connectivity index (χ0) is 21.7. The molecule has 1 aromatic heterocycles. The molecule has 2 aliphatic rings. The number of nitrogens with zero attached hydrogens (tertiary/aromatic N) is 3. The molecule has 0 spiro atoms. The van der Waals surface area contributed by atoms with E-state index in [9.17, 15) is 9.59 Å². The lowest BCUT2D eigenvalue weighted by molar-refractivity contribution is -0.128. The number of likely N-dealkylation sites (N-methyl/N-ethyl adjacent to an activating group) is 1. The lowest BCUT2D eigenvalue weighted by Crippen LogP contribution is -2.44. The molecule has 0 aliphatic carbocycles. The van der Waals surface area contributed by atoms with Crippen molar-refractivity contribution in [3.8, 4) is 5.75 Å². The van der Waals surface area contributed by atoms with Crippen LogP contribution in [0.3, 0.4) is 0 Å². The van der Waals surface area contributed by atoms with Gasteiger partial charge in [0, 0.05) is 36.1 Å². The van der Waals surface area contributed by atoms with Gasteiger partial charge < -0.3 is 14.6 Å². The van der Waals surface area contributed by atoms with E-state index in [2.05, 4.69) is 11.1 Å². The first kappa shape index (κ1) is 19.6. The minimum atomic E-state index is -0.492. The fraction of sp³-hybridized carbons (Fsp3) is 0.333. The number of hydrogen-bond donors (Lipinski definition) is 1. The Balaban J connectivity index is 1.63. The molecule has 31 heavy (non-hydrogen) atoms. The van der Waals surface area contributed by atoms with Crippen LogP contribution in [0.4, 0.5) is 4.79 Å². The van der Waals surface area contributed by atoms with E-state index >= 15 is 0 Å². The highest BCUT2D eigenvalue weighted by atomic mass is 16.5. The Labute approximate surface area is 181 Å². The topological polar surface area (TPSA) is 68.9 Å². The molecule has 7 nitrogen and oxygen atoms in total. The summed E-state index contributed by atoms with van der Waals surface area (Å²) in [5.74, 6) is 0.644. The van der Waals surface area contributed by atoms with Crippen molar-refractivity contribution in [3.05, 3.63) is 65.4 Å². The number of H-pyrrole nitrogens is 1. The Morgan fingerprint density at radius 2 is 1.84 bits per heavy atom. The fourth-order valence-electron chi connectivity index (χ4n) is 4.77. The summed E-state index contributed by atoms with van der Waals surface area (Å²) in [7, 11) is 5.51. The number of aromatic nitrogens is 1. The number of hydrogen-bond acceptors (Lipinski definition) is 4. The van der Waals surface area contributed by atoms with Gasteiger partial charge in [-0.25, -0.2) is 4.79 Å². The molecule has 3 amide bonds. The quantitative estimate of drug-likeness (QED) is 0.647. The number of carbonyl (C=O) groups is 2. The van der Waals surface area contributed by atoms with E-state index in [4.69, 9.17) is 4.74 Å². The van der Waals surface area contributed by atoms with Crippen LogP contribution >= 0.6 is 0 Å². The van der Waals surface area contributed by atoms with Crippen LogP contribution in [0.2, 0.25) is 0 Å². The fourth-order valence-corrected chi connectivity index (χ4v) is 4.77. The molecular weight excluding hydrogens is 392 g/mol. The summed E-state index contributed by atoms with van der Waals surface area (Å²) >= 11 is 0. The van der Waals surface area contributed by atoms with E-state index in [-0.39, 0.29) is 18.0 Å². The van der Waals surface area contributed by atoms with Crippen LogP contribution in [0.5, 0.6) is 5.75 Å². The molecule has 1 fully saturated rings. The first-order valence-electron chi connectivity index (χ1n) is 10.5. The third-order valence-corrected chi connectivity index (χ3v) is 6.34. The largest absolute Gasteiger partial charge is 0.497 e. The number of carbonyl (C=O) groups excluding carboxylic acids is 2. The molecular formula is C24H26N4O3. The molecule has 0 unspecified atom stereocenters. The number of para-hydroxylation sites is 1. The van der Waals surface area contributed by atoms with Crippen LogP contribution in [0.25, 0.3) is 10.9 Å². The van der Waals surface area contributed by atoms with Gasteiger partial charge in [0.25, 0.3) is 5.91 Å². The van der Waals surface area contributed by atoms with Gasteiger partial charge in [-0.1, -0.05) is 30.3 Å². The standard InChI is InChI=1S/C24H26N4O3/c1-26(2)12-13-27-23(29)20-14-18-17-6-4-5-7-19(17)25-21(18)22(28(20)24(27)30)15-8-10-16(31-3)11-9-15/h4-11,20,22,25H,12-14H2,1-3H3/t20-,22-/m0/s1. The molecule has 2 atom stereocenters. The molecule has 5 rings (SSSR count). The summed E-state index contributed by atoms with van der Waals surface area (Å²) < 4.78 is 5.31. The third-order valence-electron chi connectivity index (χ3n) is 6.34. The van der Waals surface area contributed by atoms with Gasteiger partial charge in [0.2, 0.25) is 0 Å². The highest BCUT2D eigenvalue weighted by Gasteiger charge is 2.52. The maximum absolute atomic E-state index is 13.5. The van der Waals surface area contributed by atoms with Crippen LogP contribution in [-0.2, 0) is 11.2 Å². The Hall–Kier alpha value is -3.32. The van der Waals surface area contributed by atoms with Crippen molar-refractivity contribution in [2.75, 3.05) is 34.3 Å². The molecule has 160 valence electrons. The molecule has 3 aromatic rings. The summed E-state index contributed by atoms with van der Waals surface area (Å²) in [6, 6.07) is 14.8. The summed E-state index contributed by atoms with van der Waals surface area (Å²) in [5, 5.41) is 1.11. The third kappa shape index (κ3) is 3.08. The maximum atomic E-state index is 13.5. The second-order valence-electron chi connectivity index (χ2n) is 8.44. The molecule has 0 saturated carbocycles. The van der Waals surface area contributed by atoms with E-state index in [0.29, 0.717) is 19.5 Å². The molecule has 0 bridgehead atoms. The SMILES string of the molecule is COc1ccc([C@H]2c3[nH]c4ccccc4c3C[C@H]3C(=O)N(CCN(C)C)C(=O)N23)cc1. The van der Waals surface area contributed by atoms with Crippen LogP contribution in [0.1, 0.15) is 22.9 Å². The normalized spacial score (nSPS) is 20.5. The molecule has 2 aliphatic heterocycles. The average Bonchev–Trinajstić information content (AvgIpc) is 3.26. The lowest BCUT2D eigenvalue weighted by Gasteiger charge is -2.36. The summed E-state index contributed by atoms with van der Waals surface area (Å²) in [6.07, 6.45) is 0.523. The molecule has 2 aromatic carbocycles. The Morgan fingerprint density at radius 1 is 1.10 bits per heavy atom. The maximum Gasteiger partial charge on any atom is 0.328 e. The van der Waals surface area contributed by atoms with Gasteiger partial charge in [0.05, 0.1) is 7.11 Å². The van der Waals surface area contributed by atoms with E-state index in [1.807, 2.05) is 61.5 Å². The summed E-state index contributed by atoms with van der Waals surface area (Å²) in [6.45, 7) is 1.03. The first-order chi connectivity index (χ1) is 15.0. The van der Waals surface area contributed by atoms with Crippen molar-refractivity contribution in [2.45, 2.75) is 18.5 Å². The van der Waals surface area contributed by atoms with Crippen molar-refractivity contribution in [3.63, 3.8) is 0 Å². The van der Waals surface area contributed by atoms with Crippen LogP contribution in [-0.4, -0.2) is 72.0 Å². The van der Waals surface area contributed by atoms with E-state index in [1.165, 1.54) is 4.90 Å². The number of fused-ring (bicyclic) bond motifs is 4. The molecule has 0 radical (unpaired) electrons. The molecule has 1 saturated heterocycles. The molecule has 1 N–H and O–H groups in total. The van der Waals surface area contributed by atoms with E-state index in [1.54, 1.807) is 12.0 Å². The number of nitrogens with one attached hydrogen (secondary N) is 1. The van der Waals surface area contributed by atoms with Gasteiger partial charge in [0.1, 0.15) is 17.8 Å². The van der Waals surface area contributed by atoms with Crippen molar-refractivity contribution in [1.29, 1.82) is 0 Å². The number of imide groups is 1. The highest BCUT2D eigenvalue weighted by molar-refractivity contribution is 6.05. The Morgan fingerprint density at radius 3 is 2.55 bits per heavy atom. The van der Waals surface area contributed by atoms with Crippen LogP contribution in [0, 0.1) is 0 Å². The lowest BCUT2D eigenvalue weighted by atomic mass is 9.89. The molecule has 7 heteroatoms. The zero-order valence-electron chi connectivity index (χ0n) is 18.0. The van der Waals surface area contributed by atoms with Crippen LogP contribution in [0.15, 0.2) is 48.5 Å². The number of methoxy groups -OCH3 is 1. The first-order valence-corrected chi connectivity index (χ1v) is 10.5. The summed E-state index contributed by atoms with van der Waals surface area (Å²) in [4.78, 5) is 35.5. The van der Waals surface area contributed by atoms with Gasteiger partial charge in [-0.15, -0.1) is 0 Å². The predicted octanol–water partition coefficient (Wildman–Crippen LogP) is 3.02. The van der Waals surface area contributed by atoms with Crippen molar-refractivity contribution < 1.29 is 14.3 Å². The number of ether oxygens (including phenoxy) is 1. The zero-order valence-corrected chi connectivity index (χ0v) is 18.0.